The van der Waals surface area contributed by atoms with Gasteiger partial charge in [-0.2, -0.15) is 5.26 Å². The van der Waals surface area contributed by atoms with Gasteiger partial charge in [0.2, 0.25) is 12.5 Å². The molecule has 0 aromatic carbocycles. The Morgan fingerprint density at radius 1 is 0.671 bits per heavy atom. The lowest BCUT2D eigenvalue weighted by molar-refractivity contribution is -0.142. The number of ether oxygens (including phenoxy) is 6. The van der Waals surface area contributed by atoms with Gasteiger partial charge in [0.25, 0.3) is 0 Å². The Morgan fingerprint density at radius 3 is 1.31 bits per heavy atom. The molecular formula is C39H72B24N8O14. The van der Waals surface area contributed by atoms with Crippen LogP contribution in [0.3, 0.4) is 0 Å². The summed E-state index contributed by atoms with van der Waals surface area (Å²) in [4.78, 5) is 85.4. The number of nitriles is 1. The fraction of sp³-hybridized carbons (Fsp3) is 0.718. The number of hydrogen-bond donors (Lipinski definition) is 4. The maximum Gasteiger partial charge on any atom is 0.411 e. The molecule has 424 valence electrons. The molecule has 1 rings (SSSR count). The fourth-order valence-corrected chi connectivity index (χ4v) is 6.72. The number of methoxy groups -OCH3 is 3. The zero-order chi connectivity index (χ0) is 68.2. The minimum atomic E-state index is -0.973. The average molecular weight is 1140 g/mol. The van der Waals surface area contributed by atoms with E-state index >= 15 is 0 Å². The number of carbonyl (C=O) groups excluding carboxylic acids is 7. The number of esters is 3. The maximum atomic E-state index is 11.8. The highest BCUT2D eigenvalue weighted by molar-refractivity contribution is 8.23. The molecule has 0 atom stereocenters. The third-order valence-corrected chi connectivity index (χ3v) is 10.4. The molecule has 1 fully saturated rings. The first-order valence-electron chi connectivity index (χ1n) is 26.5. The maximum absolute atomic E-state index is 11.8. The molecule has 0 saturated carbocycles. The summed E-state index contributed by atoms with van der Waals surface area (Å²) >= 11 is 0. The second kappa shape index (κ2) is 50.8. The third kappa shape index (κ3) is 49.5. The van der Waals surface area contributed by atoms with E-state index in [1.54, 1.807) is 47.6 Å². The van der Waals surface area contributed by atoms with Crippen LogP contribution >= 0.6 is 0 Å². The Labute approximate surface area is 530 Å². The number of rotatable bonds is 20. The topological polar surface area (TPSA) is 297 Å². The Bertz CT molecular complexity index is 1950. The van der Waals surface area contributed by atoms with Crippen molar-refractivity contribution in [2.45, 2.75) is 92.0 Å². The predicted octanol–water partition coefficient (Wildman–Crippen LogP) is -6.91. The molecule has 6 N–H and O–H groups in total. The monoisotopic (exact) mass is 1140 g/mol. The minimum absolute atomic E-state index is 0.0312. The van der Waals surface area contributed by atoms with E-state index < -0.39 is 117 Å². The molecule has 1 aliphatic rings. The van der Waals surface area contributed by atoms with Crippen LogP contribution in [0.4, 0.5) is 14.4 Å². The van der Waals surface area contributed by atoms with E-state index in [-0.39, 0.29) is 51.1 Å². The lowest BCUT2D eigenvalue weighted by atomic mass is 8.35. The van der Waals surface area contributed by atoms with Crippen LogP contribution < -0.4 is 16.8 Å². The molecule has 0 aromatic heterocycles. The Morgan fingerprint density at radius 2 is 1.04 bits per heavy atom. The van der Waals surface area contributed by atoms with Gasteiger partial charge in [-0.1, -0.05) is 6.58 Å². The first-order chi connectivity index (χ1) is 39.0. The first kappa shape index (κ1) is 92.0. The molecule has 0 aromatic rings. The number of nitrogens with zero attached hydrogens (tertiary/aromatic N) is 5. The smallest absolute Gasteiger partial charge is 0.411 e. The molecule has 46 heteroatoms. The van der Waals surface area contributed by atoms with E-state index in [1.807, 2.05) is 20.8 Å². The van der Waals surface area contributed by atoms with Crippen LogP contribution in [0.15, 0.2) is 12.7 Å². The Balaban J connectivity index is -0.000000232. The summed E-state index contributed by atoms with van der Waals surface area (Å²) < 4.78 is 28.6. The number of carbonyl (C=O) groups is 7. The number of allylic oxidation sites excluding steroid dienone is 1. The zero-order valence-electron chi connectivity index (χ0n) is 52.3. The lowest BCUT2D eigenvalue weighted by Crippen LogP contribution is -2.84. The molecule has 0 aliphatic carbocycles. The molecule has 85 heavy (non-hydrogen) atoms. The molecule has 22 nitrogen and oxygen atoms in total. The molecule has 0 spiro atoms. The van der Waals surface area contributed by atoms with Crippen molar-refractivity contribution in [3.05, 3.63) is 24.1 Å². The molecule has 1 aliphatic heterocycles. The normalized spacial score (nSPS) is 10.8. The van der Waals surface area contributed by atoms with Crippen molar-refractivity contribution < 1.29 is 67.1 Å². The van der Waals surface area contributed by atoms with E-state index in [1.165, 1.54) is 37.2 Å². The van der Waals surface area contributed by atoms with E-state index in [4.69, 9.17) is 143 Å². The van der Waals surface area contributed by atoms with Gasteiger partial charge in [0, 0.05) is 204 Å². The molecule has 1 heterocycles. The Hall–Kier alpha value is -4.15. The van der Waals surface area contributed by atoms with Crippen LogP contribution in [0.2, 0.25) is 0 Å². The van der Waals surface area contributed by atoms with Crippen LogP contribution in [0, 0.1) is 17.9 Å². The van der Waals surface area contributed by atoms with Gasteiger partial charge in [-0.25, -0.2) is 21.0 Å². The van der Waals surface area contributed by atoms with Crippen LogP contribution in [0.25, 0.3) is 4.85 Å². The van der Waals surface area contributed by atoms with Gasteiger partial charge in [0.05, 0.1) is 40.5 Å². The highest BCUT2D eigenvalue weighted by atomic mass is 16.6. The Kier molecular flexibility index (Phi) is 55.0. The van der Waals surface area contributed by atoms with Gasteiger partial charge in [0.1, 0.15) is 36.4 Å². The van der Waals surface area contributed by atoms with Gasteiger partial charge in [-0.15, -0.1) is 0 Å². The zero-order valence-corrected chi connectivity index (χ0v) is 52.3. The summed E-state index contributed by atoms with van der Waals surface area (Å²) in [5, 5.41) is 17.2. The fourth-order valence-electron chi connectivity index (χ4n) is 6.72. The van der Waals surface area contributed by atoms with Gasteiger partial charge in [-0.05, 0) is 81.7 Å². The van der Waals surface area contributed by atoms with E-state index in [2.05, 4.69) is 31.0 Å². The molecule has 0 bridgehead atoms. The van der Waals surface area contributed by atoms with Gasteiger partial charge < -0.3 is 55.2 Å². The van der Waals surface area contributed by atoms with Crippen molar-refractivity contribution in [3.8, 4) is 6.07 Å². The summed E-state index contributed by atoms with van der Waals surface area (Å²) in [6.45, 7) is 27.7. The summed E-state index contributed by atoms with van der Waals surface area (Å²) in [6.07, 6.45) is -8.57. The van der Waals surface area contributed by atoms with E-state index in [9.17, 15) is 33.6 Å². The van der Waals surface area contributed by atoms with Crippen molar-refractivity contribution in [2.24, 2.45) is 11.5 Å². The van der Waals surface area contributed by atoms with Crippen LogP contribution in [-0.4, -0.2) is 343 Å². The summed E-state index contributed by atoms with van der Waals surface area (Å²) in [5.74, 6) is -1.53. The molecule has 1 saturated heterocycles. The first-order valence-corrected chi connectivity index (χ1v) is 26.5. The third-order valence-electron chi connectivity index (χ3n) is 10.4. The van der Waals surface area contributed by atoms with Gasteiger partial charge >= 0.3 is 36.2 Å². The average Bonchev–Trinajstić information content (AvgIpc) is 3.75. The number of aliphatic hydroxyl groups excluding tert-OH is 1. The van der Waals surface area contributed by atoms with Crippen molar-refractivity contribution in [1.29, 1.82) is 5.26 Å². The van der Waals surface area contributed by atoms with Crippen molar-refractivity contribution in [2.75, 3.05) is 93.9 Å². The van der Waals surface area contributed by atoms with Crippen LogP contribution in [0.5, 0.6) is 0 Å². The highest BCUT2D eigenvalue weighted by Crippen LogP contribution is 2.14. The number of nitrogens with one attached hydrogen (secondary N) is 1. The quantitative estimate of drug-likeness (QED) is 0.0290. The largest absolute Gasteiger partial charge is 0.468 e. The number of aliphatic hydroxyl groups is 1. The van der Waals surface area contributed by atoms with Crippen molar-refractivity contribution >= 4 is 213 Å². The van der Waals surface area contributed by atoms with Crippen molar-refractivity contribution in [1.82, 2.24) is 20.0 Å². The number of amides is 4. The van der Waals surface area contributed by atoms with Crippen molar-refractivity contribution in [3.63, 3.8) is 0 Å². The summed E-state index contributed by atoms with van der Waals surface area (Å²) in [5.41, 5.74) is 8.44. The second-order valence-electron chi connectivity index (χ2n) is 21.0. The molecule has 4 amide bonds. The second-order valence-corrected chi connectivity index (χ2v) is 21.0. The standard InChI is InChI=1S/C11H18N2O4.C11H22N2O4.C10H18N2O3.C3H7NO2.C3H3N.CH4O.B24/c1-11(2,3)17-10(15)13(7-6-12-4)8-9(14)16-5;1-11(2,3)17-10(15)13(7-5-6-12)8-9(14)16-4;1-10(2,3)15-9(14)12-6-4-5-11-8(13)7-12;1-6-3(5)2-4;1-2-3-4;1-2;1-14(2)20(13)23(19(11)12)24(21(15(3)4)16(5)6)22(17(7)8)18(9)10/h6-8H2,1-3,5H3;5-8,12H2,1-4H3;4-7H2,1-3H3,(H,11,13);2,4H2,1H3;2H,1H2;2H,1H3;. The van der Waals surface area contributed by atoms with Crippen LogP contribution in [0.1, 0.15) is 75.2 Å². The number of nitrogens with two attached hydrogens (primary N) is 2. The SMILES string of the molecule is C=CC#N.CC(C)(C)OC(=O)N1CCCNC(=O)C1.CO.COC(=O)CN.COC(=O)CN(CCCN)C(=O)OC(C)(C)C.[B]B([B])B([B])B(B([B])[B])B(B(B([B])[B])B([B])[B])B(B([B])[B])B([B])[B].[C-]#[N+]CCN(CC(=O)OC)C(=O)OC(C)(C)C. The molecule has 0 unspecified atom stereocenters. The van der Waals surface area contributed by atoms with Gasteiger partial charge in [-0.3, -0.25) is 33.9 Å². The number of hydrogen-bond acceptors (Lipinski definition) is 17. The van der Waals surface area contributed by atoms with Gasteiger partial charge in [0.15, 0.2) is 0 Å². The molecule has 26 radical (unpaired) electrons. The lowest BCUT2D eigenvalue weighted by Gasteiger charge is -2.46. The summed E-state index contributed by atoms with van der Waals surface area (Å²) in [6, 6.07) is 1.69. The molecular weight excluding hydrogens is 1060 g/mol. The predicted molar refractivity (Wildman–Crippen MR) is 363 cm³/mol. The summed E-state index contributed by atoms with van der Waals surface area (Å²) in [7, 11) is 81.0. The highest BCUT2D eigenvalue weighted by Gasteiger charge is 2.48. The van der Waals surface area contributed by atoms with Crippen LogP contribution in [-0.2, 0) is 47.6 Å². The van der Waals surface area contributed by atoms with E-state index in [0.29, 0.717) is 32.6 Å². The minimum Gasteiger partial charge on any atom is -0.468 e. The van der Waals surface area contributed by atoms with E-state index in [0.717, 1.165) is 18.4 Å².